The van der Waals surface area contributed by atoms with Gasteiger partial charge in [0.2, 0.25) is 0 Å². The molecule has 2 amide bonds. The molecule has 9 heteroatoms. The van der Waals surface area contributed by atoms with Crippen LogP contribution in [0.1, 0.15) is 0 Å². The van der Waals surface area contributed by atoms with E-state index in [4.69, 9.17) is 10.6 Å². The number of nitrogens with two attached hydrogens (primary N) is 3. The molecule has 1 aromatic heterocycles. The van der Waals surface area contributed by atoms with Crippen molar-refractivity contribution in [3.8, 4) is 5.75 Å². The number of nitrogens with one attached hydrogen (secondary N) is 2. The van der Waals surface area contributed by atoms with Crippen molar-refractivity contribution in [3.05, 3.63) is 18.2 Å². The summed E-state index contributed by atoms with van der Waals surface area (Å²) in [7, 11) is 1.58. The number of amides is 2. The monoisotopic (exact) mass is 270 g/mol. The molecule has 0 saturated heterocycles. The minimum absolute atomic E-state index is 0.474. The zero-order valence-electron chi connectivity index (χ0n) is 9.64. The van der Waals surface area contributed by atoms with Crippen LogP contribution in [0.3, 0.4) is 0 Å². The molecule has 0 saturated carbocycles. The van der Waals surface area contributed by atoms with Gasteiger partial charge in [-0.25, -0.2) is 15.6 Å². The number of aromatic nitrogens is 1. The van der Waals surface area contributed by atoms with E-state index in [9.17, 15) is 4.79 Å². The average molecular weight is 270 g/mol. The van der Waals surface area contributed by atoms with Crippen LogP contribution in [0, 0.1) is 0 Å². The van der Waals surface area contributed by atoms with Crippen LogP contribution < -0.4 is 33.0 Å². The summed E-state index contributed by atoms with van der Waals surface area (Å²) in [6.45, 7) is 0. The number of hydrogen-bond donors (Lipinski definition) is 5. The minimum Gasteiger partial charge on any atom is -0.494 e. The van der Waals surface area contributed by atoms with Crippen molar-refractivity contribution in [1.82, 2.24) is 10.4 Å². The minimum atomic E-state index is -0.502. The lowest BCUT2D eigenvalue weighted by molar-refractivity contribution is 0.252. The van der Waals surface area contributed by atoms with Gasteiger partial charge in [0, 0.05) is 0 Å². The number of rotatable bonds is 2. The third-order valence-corrected chi connectivity index (χ3v) is 2.89. The van der Waals surface area contributed by atoms with Crippen molar-refractivity contribution in [2.45, 2.75) is 0 Å². The first-order chi connectivity index (χ1) is 8.74. The predicted octanol–water partition coefficient (Wildman–Crippen LogP) is 0.119. The summed E-state index contributed by atoms with van der Waals surface area (Å²) < 4.78 is 6.10. The second-order valence-electron chi connectivity index (χ2n) is 2.92. The van der Waals surface area contributed by atoms with Gasteiger partial charge in [0.1, 0.15) is 11.3 Å². The standard InChI is InChI=1S/C9H10N4O2S.H4N2/c1-15-5-3-2-4-6-7(5)11-9(16-6)12-8(14)13-10;1-2/h2-4H,10H2,1H3,(H2,11,12,13,14);1-2H2. The number of nitrogens with zero attached hydrogens (tertiary/aromatic N) is 1. The molecule has 0 atom stereocenters. The second kappa shape index (κ2) is 6.71. The van der Waals surface area contributed by atoms with Crippen LogP contribution in [0.2, 0.25) is 0 Å². The summed E-state index contributed by atoms with van der Waals surface area (Å²) in [5, 5.41) is 2.98. The molecule has 98 valence electrons. The molecule has 0 fully saturated rings. The van der Waals surface area contributed by atoms with Gasteiger partial charge in [0.05, 0.1) is 11.8 Å². The Bertz CT molecular complexity index is 529. The number of ether oxygens (including phenoxy) is 1. The van der Waals surface area contributed by atoms with Crippen LogP contribution in [-0.4, -0.2) is 18.1 Å². The van der Waals surface area contributed by atoms with E-state index >= 15 is 0 Å². The summed E-state index contributed by atoms with van der Waals surface area (Å²) >= 11 is 1.35. The van der Waals surface area contributed by atoms with E-state index in [1.165, 1.54) is 11.3 Å². The van der Waals surface area contributed by atoms with Gasteiger partial charge in [-0.3, -0.25) is 22.4 Å². The Morgan fingerprint density at radius 3 is 2.78 bits per heavy atom. The number of anilines is 1. The number of urea groups is 1. The summed E-state index contributed by atoms with van der Waals surface area (Å²) in [5.41, 5.74) is 2.70. The van der Waals surface area contributed by atoms with Crippen molar-refractivity contribution in [2.75, 3.05) is 12.4 Å². The topological polar surface area (TPSA) is 141 Å². The van der Waals surface area contributed by atoms with Gasteiger partial charge in [-0.1, -0.05) is 17.4 Å². The number of fused-ring (bicyclic) bond motifs is 1. The van der Waals surface area contributed by atoms with Gasteiger partial charge in [-0.2, -0.15) is 0 Å². The maximum absolute atomic E-state index is 11.0. The Morgan fingerprint density at radius 2 is 2.17 bits per heavy atom. The molecule has 2 rings (SSSR count). The molecule has 2 aromatic rings. The summed E-state index contributed by atoms with van der Waals surface area (Å²) in [5.74, 6) is 13.6. The number of para-hydroxylation sites is 1. The maximum atomic E-state index is 11.0. The lowest BCUT2D eigenvalue weighted by Crippen LogP contribution is -2.34. The highest BCUT2D eigenvalue weighted by Gasteiger charge is 2.09. The number of benzene rings is 1. The normalized spacial score (nSPS) is 9.33. The number of thiazole rings is 1. The Morgan fingerprint density at radius 1 is 1.44 bits per heavy atom. The molecule has 0 spiro atoms. The van der Waals surface area contributed by atoms with E-state index < -0.39 is 6.03 Å². The van der Waals surface area contributed by atoms with E-state index in [0.29, 0.717) is 10.9 Å². The lowest BCUT2D eigenvalue weighted by Gasteiger charge is -1.98. The highest BCUT2D eigenvalue weighted by molar-refractivity contribution is 7.22. The third kappa shape index (κ3) is 3.05. The zero-order valence-corrected chi connectivity index (χ0v) is 10.5. The fourth-order valence-electron chi connectivity index (χ4n) is 1.27. The molecule has 0 unspecified atom stereocenters. The number of hydrazine groups is 2. The van der Waals surface area contributed by atoms with Gasteiger partial charge in [-0.15, -0.1) is 0 Å². The number of carbonyl (C=O) groups is 1. The number of hydrogen-bond acceptors (Lipinski definition) is 7. The van der Waals surface area contributed by atoms with Gasteiger partial charge >= 0.3 is 6.03 Å². The van der Waals surface area contributed by atoms with Crippen molar-refractivity contribution in [3.63, 3.8) is 0 Å². The summed E-state index contributed by atoms with van der Waals surface area (Å²) in [6, 6.07) is 5.08. The zero-order chi connectivity index (χ0) is 13.5. The van der Waals surface area contributed by atoms with Crippen LogP contribution in [0.5, 0.6) is 5.75 Å². The first-order valence-corrected chi connectivity index (χ1v) is 5.60. The molecule has 18 heavy (non-hydrogen) atoms. The van der Waals surface area contributed by atoms with E-state index in [0.717, 1.165) is 10.2 Å². The molecule has 8 N–H and O–H groups in total. The van der Waals surface area contributed by atoms with E-state index in [-0.39, 0.29) is 0 Å². The Kier molecular flexibility index (Phi) is 5.27. The van der Waals surface area contributed by atoms with Crippen LogP contribution in [-0.2, 0) is 0 Å². The molecule has 0 bridgehead atoms. The molecule has 0 aliphatic heterocycles. The van der Waals surface area contributed by atoms with Gasteiger partial charge in [0.15, 0.2) is 5.13 Å². The largest absolute Gasteiger partial charge is 0.494 e. The second-order valence-corrected chi connectivity index (χ2v) is 3.96. The smallest absolute Gasteiger partial charge is 0.335 e. The summed E-state index contributed by atoms with van der Waals surface area (Å²) in [4.78, 5) is 15.2. The van der Waals surface area contributed by atoms with Gasteiger partial charge < -0.3 is 4.74 Å². The SMILES string of the molecule is COc1cccc2sc(NC(=O)NN)nc12.NN. The Balaban J connectivity index is 0.000000771. The Labute approximate surface area is 107 Å². The fraction of sp³-hybridized carbons (Fsp3) is 0.111. The first kappa shape index (κ1) is 14.1. The molecule has 1 aromatic carbocycles. The highest BCUT2D eigenvalue weighted by Crippen LogP contribution is 2.31. The summed E-state index contributed by atoms with van der Waals surface area (Å²) in [6.07, 6.45) is 0. The van der Waals surface area contributed by atoms with Crippen LogP contribution in [0.4, 0.5) is 9.93 Å². The molecule has 8 nitrogen and oxygen atoms in total. The van der Waals surface area contributed by atoms with E-state index in [1.54, 1.807) is 7.11 Å². The maximum Gasteiger partial charge on any atom is 0.335 e. The van der Waals surface area contributed by atoms with Crippen molar-refractivity contribution < 1.29 is 9.53 Å². The van der Waals surface area contributed by atoms with Gasteiger partial charge in [-0.05, 0) is 12.1 Å². The number of methoxy groups -OCH3 is 1. The van der Waals surface area contributed by atoms with Crippen LogP contribution >= 0.6 is 11.3 Å². The predicted molar refractivity (Wildman–Crippen MR) is 70.9 cm³/mol. The van der Waals surface area contributed by atoms with E-state index in [2.05, 4.69) is 22.0 Å². The molecule has 1 heterocycles. The van der Waals surface area contributed by atoms with Crippen molar-refractivity contribution in [2.24, 2.45) is 17.5 Å². The molecular formula is C9H14N6O2S. The van der Waals surface area contributed by atoms with E-state index in [1.807, 2.05) is 23.6 Å². The molecule has 0 aliphatic rings. The average Bonchev–Trinajstić information content (AvgIpc) is 2.82. The highest BCUT2D eigenvalue weighted by atomic mass is 32.1. The lowest BCUT2D eigenvalue weighted by atomic mass is 10.3. The molecule has 0 aliphatic carbocycles. The van der Waals surface area contributed by atoms with Crippen molar-refractivity contribution >= 4 is 32.7 Å². The van der Waals surface area contributed by atoms with Gasteiger partial charge in [0.25, 0.3) is 0 Å². The quantitative estimate of drug-likeness (QED) is 0.298. The van der Waals surface area contributed by atoms with Crippen LogP contribution in [0.25, 0.3) is 10.2 Å². The van der Waals surface area contributed by atoms with Crippen molar-refractivity contribution in [1.29, 1.82) is 0 Å². The fourth-order valence-corrected chi connectivity index (χ4v) is 2.15. The van der Waals surface area contributed by atoms with Crippen LogP contribution in [0.15, 0.2) is 18.2 Å². The molecular weight excluding hydrogens is 256 g/mol. The number of carbonyl (C=O) groups excluding carboxylic acids is 1. The third-order valence-electron chi connectivity index (χ3n) is 1.95. The first-order valence-electron chi connectivity index (χ1n) is 4.79. The Hall–Kier alpha value is -1.94. The molecule has 0 radical (unpaired) electrons.